The molecule has 1 atom stereocenters. The van der Waals surface area contributed by atoms with Crippen LogP contribution in [0.1, 0.15) is 20.8 Å². The van der Waals surface area contributed by atoms with Gasteiger partial charge in [0.2, 0.25) is 5.91 Å². The van der Waals surface area contributed by atoms with Gasteiger partial charge in [0.25, 0.3) is 0 Å². The largest absolute Gasteiger partial charge is 0.390 e. The highest BCUT2D eigenvalue weighted by Gasteiger charge is 2.32. The Morgan fingerprint density at radius 2 is 2.25 bits per heavy atom. The highest BCUT2D eigenvalue weighted by Crippen LogP contribution is 2.15. The molecular weight excluding hydrogens is 206 g/mol. The number of nitrogens with one attached hydrogen (secondary N) is 1. The Morgan fingerprint density at radius 3 is 2.62 bits per heavy atom. The van der Waals surface area contributed by atoms with Gasteiger partial charge in [0.1, 0.15) is 5.54 Å². The van der Waals surface area contributed by atoms with Crippen molar-refractivity contribution >= 4 is 5.91 Å². The highest BCUT2D eigenvalue weighted by atomic mass is 16.3. The monoisotopic (exact) mass is 225 g/mol. The zero-order chi connectivity index (χ0) is 12.3. The van der Waals surface area contributed by atoms with Gasteiger partial charge in [0.05, 0.1) is 18.7 Å². The van der Waals surface area contributed by atoms with Gasteiger partial charge in [0, 0.05) is 13.1 Å². The molecule has 1 aliphatic rings. The standard InChI is InChI=1S/C11H19N3O2/c1-8(2)11(3,7-12)13-10(16)6-14-4-9(15)5-14/h8-9,15H,4-6H2,1-3H3,(H,13,16). The second-order valence-corrected chi connectivity index (χ2v) is 4.86. The van der Waals surface area contributed by atoms with Gasteiger partial charge in [-0.25, -0.2) is 0 Å². The summed E-state index contributed by atoms with van der Waals surface area (Å²) >= 11 is 0. The average Bonchev–Trinajstić information content (AvgIpc) is 2.14. The van der Waals surface area contributed by atoms with Gasteiger partial charge in [-0.3, -0.25) is 9.69 Å². The first-order valence-corrected chi connectivity index (χ1v) is 5.50. The van der Waals surface area contributed by atoms with Crippen LogP contribution in [0.25, 0.3) is 0 Å². The molecule has 1 heterocycles. The molecule has 90 valence electrons. The van der Waals surface area contributed by atoms with E-state index in [1.54, 1.807) is 6.92 Å². The van der Waals surface area contributed by atoms with E-state index in [0.29, 0.717) is 13.1 Å². The Morgan fingerprint density at radius 1 is 1.69 bits per heavy atom. The Kier molecular flexibility index (Phi) is 3.89. The molecule has 0 aromatic rings. The van der Waals surface area contributed by atoms with Crippen molar-refractivity contribution in [2.75, 3.05) is 19.6 Å². The van der Waals surface area contributed by atoms with Crippen LogP contribution in [-0.2, 0) is 4.79 Å². The number of hydrogen-bond donors (Lipinski definition) is 2. The number of nitriles is 1. The fourth-order valence-corrected chi connectivity index (χ4v) is 1.51. The van der Waals surface area contributed by atoms with Crippen molar-refractivity contribution < 1.29 is 9.90 Å². The molecule has 2 N–H and O–H groups in total. The molecule has 1 unspecified atom stereocenters. The van der Waals surface area contributed by atoms with E-state index < -0.39 is 5.54 Å². The van der Waals surface area contributed by atoms with E-state index in [9.17, 15) is 4.79 Å². The number of carbonyl (C=O) groups excluding carboxylic acids is 1. The number of nitrogens with zero attached hydrogens (tertiary/aromatic N) is 2. The fourth-order valence-electron chi connectivity index (χ4n) is 1.51. The lowest BCUT2D eigenvalue weighted by molar-refractivity contribution is -0.126. The van der Waals surface area contributed by atoms with Crippen molar-refractivity contribution in [1.29, 1.82) is 5.26 Å². The molecule has 1 amide bonds. The SMILES string of the molecule is CC(C)C(C)(C#N)NC(=O)CN1CC(O)C1. The predicted molar refractivity (Wildman–Crippen MR) is 59.4 cm³/mol. The second kappa shape index (κ2) is 4.81. The molecule has 1 saturated heterocycles. The van der Waals surface area contributed by atoms with E-state index in [1.807, 2.05) is 18.7 Å². The summed E-state index contributed by atoms with van der Waals surface area (Å²) in [4.78, 5) is 13.5. The van der Waals surface area contributed by atoms with Gasteiger partial charge < -0.3 is 10.4 Å². The number of β-amino-alcohol motifs (C(OH)–C–C–N with tert-alkyl or cyclic N) is 1. The van der Waals surface area contributed by atoms with Crippen LogP contribution < -0.4 is 5.32 Å². The van der Waals surface area contributed by atoms with Crippen molar-refractivity contribution in [3.8, 4) is 6.07 Å². The number of rotatable bonds is 4. The lowest BCUT2D eigenvalue weighted by Gasteiger charge is -2.36. The summed E-state index contributed by atoms with van der Waals surface area (Å²) in [6, 6.07) is 2.13. The highest BCUT2D eigenvalue weighted by molar-refractivity contribution is 5.79. The molecule has 5 heteroatoms. The third kappa shape index (κ3) is 2.94. The van der Waals surface area contributed by atoms with Crippen LogP contribution in [0.3, 0.4) is 0 Å². The van der Waals surface area contributed by atoms with Gasteiger partial charge in [0.15, 0.2) is 0 Å². The molecular formula is C11H19N3O2. The quantitative estimate of drug-likeness (QED) is 0.690. The van der Waals surface area contributed by atoms with Crippen LogP contribution in [0, 0.1) is 17.2 Å². The Balaban J connectivity index is 2.41. The normalized spacial score (nSPS) is 21.0. The Hall–Kier alpha value is -1.12. The molecule has 0 radical (unpaired) electrons. The third-order valence-corrected chi connectivity index (χ3v) is 3.09. The van der Waals surface area contributed by atoms with E-state index in [-0.39, 0.29) is 24.5 Å². The molecule has 1 aliphatic heterocycles. The smallest absolute Gasteiger partial charge is 0.235 e. The minimum Gasteiger partial charge on any atom is -0.390 e. The van der Waals surface area contributed by atoms with E-state index in [1.165, 1.54) is 0 Å². The van der Waals surface area contributed by atoms with Crippen molar-refractivity contribution in [1.82, 2.24) is 10.2 Å². The van der Waals surface area contributed by atoms with Gasteiger partial charge >= 0.3 is 0 Å². The lowest BCUT2D eigenvalue weighted by Crippen LogP contribution is -2.57. The zero-order valence-electron chi connectivity index (χ0n) is 10.0. The zero-order valence-corrected chi connectivity index (χ0v) is 10.0. The number of aliphatic hydroxyl groups is 1. The van der Waals surface area contributed by atoms with E-state index >= 15 is 0 Å². The first kappa shape index (κ1) is 12.9. The summed E-state index contributed by atoms with van der Waals surface area (Å²) in [7, 11) is 0. The summed E-state index contributed by atoms with van der Waals surface area (Å²) in [5, 5.41) is 20.8. The fraction of sp³-hybridized carbons (Fsp3) is 0.818. The summed E-state index contributed by atoms with van der Waals surface area (Å²) < 4.78 is 0. The summed E-state index contributed by atoms with van der Waals surface area (Å²) in [6.45, 7) is 6.85. The summed E-state index contributed by atoms with van der Waals surface area (Å²) in [5.74, 6) is -0.104. The number of carbonyl (C=O) groups is 1. The molecule has 0 spiro atoms. The van der Waals surface area contributed by atoms with Crippen LogP contribution in [0.15, 0.2) is 0 Å². The van der Waals surface area contributed by atoms with Crippen molar-refractivity contribution in [2.24, 2.45) is 5.92 Å². The Labute approximate surface area is 96.0 Å². The second-order valence-electron chi connectivity index (χ2n) is 4.86. The molecule has 0 aromatic heterocycles. The lowest BCUT2D eigenvalue weighted by atomic mass is 9.90. The van der Waals surface area contributed by atoms with Crippen LogP contribution in [0.2, 0.25) is 0 Å². The molecule has 1 rings (SSSR count). The van der Waals surface area contributed by atoms with Crippen LogP contribution >= 0.6 is 0 Å². The minimum atomic E-state index is -0.819. The van der Waals surface area contributed by atoms with Crippen LogP contribution in [-0.4, -0.2) is 47.2 Å². The van der Waals surface area contributed by atoms with Crippen molar-refractivity contribution in [2.45, 2.75) is 32.4 Å². The number of hydrogen-bond acceptors (Lipinski definition) is 4. The van der Waals surface area contributed by atoms with Crippen molar-refractivity contribution in [3.05, 3.63) is 0 Å². The first-order valence-electron chi connectivity index (χ1n) is 5.50. The van der Waals surface area contributed by atoms with E-state index in [4.69, 9.17) is 10.4 Å². The molecule has 0 aromatic carbocycles. The average molecular weight is 225 g/mol. The summed E-state index contributed by atoms with van der Waals surface area (Å²) in [5.41, 5.74) is -0.819. The maximum atomic E-state index is 11.6. The maximum absolute atomic E-state index is 11.6. The van der Waals surface area contributed by atoms with Crippen LogP contribution in [0.4, 0.5) is 0 Å². The van der Waals surface area contributed by atoms with Gasteiger partial charge in [-0.1, -0.05) is 13.8 Å². The Bertz CT molecular complexity index is 305. The van der Waals surface area contributed by atoms with E-state index in [2.05, 4.69) is 11.4 Å². The van der Waals surface area contributed by atoms with Gasteiger partial charge in [-0.15, -0.1) is 0 Å². The number of likely N-dealkylation sites (tertiary alicyclic amines) is 1. The number of amides is 1. The van der Waals surface area contributed by atoms with E-state index in [0.717, 1.165) is 0 Å². The topological polar surface area (TPSA) is 76.4 Å². The molecule has 0 saturated carbocycles. The van der Waals surface area contributed by atoms with Gasteiger partial charge in [-0.05, 0) is 12.8 Å². The van der Waals surface area contributed by atoms with Crippen LogP contribution in [0.5, 0.6) is 0 Å². The third-order valence-electron chi connectivity index (χ3n) is 3.09. The summed E-state index contributed by atoms with van der Waals surface area (Å²) in [6.07, 6.45) is -0.305. The number of aliphatic hydroxyl groups excluding tert-OH is 1. The van der Waals surface area contributed by atoms with Crippen molar-refractivity contribution in [3.63, 3.8) is 0 Å². The molecule has 16 heavy (non-hydrogen) atoms. The predicted octanol–water partition coefficient (Wildman–Crippen LogP) is -0.283. The van der Waals surface area contributed by atoms with Gasteiger partial charge in [-0.2, -0.15) is 5.26 Å². The molecule has 1 fully saturated rings. The molecule has 0 aliphatic carbocycles. The molecule has 5 nitrogen and oxygen atoms in total. The molecule has 0 bridgehead atoms. The first-order chi connectivity index (χ1) is 7.37. The maximum Gasteiger partial charge on any atom is 0.235 e. The minimum absolute atomic E-state index is 0.0587.